The first kappa shape index (κ1) is 9.85. The van der Waals surface area contributed by atoms with Gasteiger partial charge in [0.2, 0.25) is 0 Å². The third-order valence-corrected chi connectivity index (χ3v) is 2.02. The van der Waals surface area contributed by atoms with Crippen molar-refractivity contribution in [1.82, 2.24) is 0 Å². The highest BCUT2D eigenvalue weighted by Crippen LogP contribution is 2.24. The van der Waals surface area contributed by atoms with E-state index in [1.54, 1.807) is 18.2 Å². The second-order valence-electron chi connectivity index (χ2n) is 2.37. The quantitative estimate of drug-likeness (QED) is 0.792. The van der Waals surface area contributed by atoms with Gasteiger partial charge in [-0.25, -0.2) is 4.79 Å². The van der Waals surface area contributed by atoms with Gasteiger partial charge in [0.05, 0.1) is 0 Å². The van der Waals surface area contributed by atoms with Crippen LogP contribution in [0.25, 0.3) is 0 Å². The average Bonchev–Trinajstić information content (AvgIpc) is 2.07. The van der Waals surface area contributed by atoms with Gasteiger partial charge in [-0.05, 0) is 34.1 Å². The number of benzene rings is 1. The maximum atomic E-state index is 10.2. The number of ether oxygens (including phenoxy) is 1. The van der Waals surface area contributed by atoms with Crippen molar-refractivity contribution in [2.24, 2.45) is 0 Å². The third-order valence-electron chi connectivity index (χ3n) is 1.33. The summed E-state index contributed by atoms with van der Waals surface area (Å²) in [7, 11) is 0. The van der Waals surface area contributed by atoms with Crippen LogP contribution >= 0.6 is 15.9 Å². The number of anilines is 1. The van der Waals surface area contributed by atoms with Crippen LogP contribution in [-0.2, 0) is 4.79 Å². The van der Waals surface area contributed by atoms with Gasteiger partial charge in [-0.3, -0.25) is 0 Å². The second-order valence-corrected chi connectivity index (χ2v) is 3.22. The number of hydrogen-bond acceptors (Lipinski definition) is 3. The third kappa shape index (κ3) is 2.95. The molecule has 1 aromatic rings. The smallest absolute Gasteiger partial charge is 0.341 e. The first-order valence-corrected chi connectivity index (χ1v) is 4.28. The van der Waals surface area contributed by atoms with Crippen molar-refractivity contribution >= 4 is 27.6 Å². The van der Waals surface area contributed by atoms with Gasteiger partial charge in [0, 0.05) is 10.2 Å². The van der Waals surface area contributed by atoms with E-state index in [1.165, 1.54) is 0 Å². The first-order chi connectivity index (χ1) is 6.09. The fraction of sp³-hybridized carbons (Fsp3) is 0.125. The molecule has 0 heterocycles. The standard InChI is InChI=1S/C8H8BrNO3/c9-6-3-5(1-2-7(6)10)13-4-8(11)12/h1-3H,4,10H2,(H,11,12). The molecule has 0 aromatic heterocycles. The summed E-state index contributed by atoms with van der Waals surface area (Å²) in [5.41, 5.74) is 6.11. The van der Waals surface area contributed by atoms with E-state index in [0.29, 0.717) is 15.9 Å². The van der Waals surface area contributed by atoms with Gasteiger partial charge in [-0.15, -0.1) is 0 Å². The SMILES string of the molecule is Nc1ccc(OCC(=O)O)cc1Br. The Hall–Kier alpha value is -1.23. The van der Waals surface area contributed by atoms with Crippen LogP contribution in [0.15, 0.2) is 22.7 Å². The van der Waals surface area contributed by atoms with Crippen LogP contribution in [0.4, 0.5) is 5.69 Å². The Kier molecular flexibility index (Phi) is 3.13. The zero-order chi connectivity index (χ0) is 9.84. The number of halogens is 1. The molecule has 5 heteroatoms. The number of aliphatic carboxylic acids is 1. The molecule has 70 valence electrons. The number of carbonyl (C=O) groups is 1. The highest BCUT2D eigenvalue weighted by atomic mass is 79.9. The highest BCUT2D eigenvalue weighted by molar-refractivity contribution is 9.10. The Morgan fingerprint density at radius 3 is 2.85 bits per heavy atom. The topological polar surface area (TPSA) is 72.5 Å². The largest absolute Gasteiger partial charge is 0.482 e. The van der Waals surface area contributed by atoms with E-state index >= 15 is 0 Å². The summed E-state index contributed by atoms with van der Waals surface area (Å²) in [6.45, 7) is -0.351. The summed E-state index contributed by atoms with van der Waals surface area (Å²) in [6.07, 6.45) is 0. The van der Waals surface area contributed by atoms with E-state index in [2.05, 4.69) is 15.9 Å². The number of rotatable bonds is 3. The second kappa shape index (κ2) is 4.13. The van der Waals surface area contributed by atoms with Gasteiger partial charge < -0.3 is 15.6 Å². The molecule has 0 atom stereocenters. The van der Waals surface area contributed by atoms with Crippen molar-refractivity contribution in [1.29, 1.82) is 0 Å². The van der Waals surface area contributed by atoms with Crippen molar-refractivity contribution in [3.63, 3.8) is 0 Å². The minimum Gasteiger partial charge on any atom is -0.482 e. The minimum atomic E-state index is -1.01. The summed E-state index contributed by atoms with van der Waals surface area (Å²) >= 11 is 3.20. The van der Waals surface area contributed by atoms with Crippen molar-refractivity contribution in [3.8, 4) is 5.75 Å². The summed E-state index contributed by atoms with van der Waals surface area (Å²) in [6, 6.07) is 4.88. The molecule has 0 saturated heterocycles. The number of carboxylic acids is 1. The maximum absolute atomic E-state index is 10.2. The lowest BCUT2D eigenvalue weighted by atomic mass is 10.3. The van der Waals surface area contributed by atoms with Crippen LogP contribution in [-0.4, -0.2) is 17.7 Å². The lowest BCUT2D eigenvalue weighted by Crippen LogP contribution is -2.09. The fourth-order valence-corrected chi connectivity index (χ4v) is 1.10. The zero-order valence-corrected chi connectivity index (χ0v) is 8.24. The number of nitrogens with two attached hydrogens (primary N) is 1. The molecular formula is C8H8BrNO3. The summed E-state index contributed by atoms with van der Waals surface area (Å²) in [5, 5.41) is 8.34. The Balaban J connectivity index is 2.68. The molecule has 0 aliphatic heterocycles. The molecule has 0 amide bonds. The lowest BCUT2D eigenvalue weighted by Gasteiger charge is -2.04. The average molecular weight is 246 g/mol. The van der Waals surface area contributed by atoms with Gasteiger partial charge >= 0.3 is 5.97 Å². The predicted molar refractivity (Wildman–Crippen MR) is 51.7 cm³/mol. The van der Waals surface area contributed by atoms with E-state index in [9.17, 15) is 4.79 Å². The maximum Gasteiger partial charge on any atom is 0.341 e. The van der Waals surface area contributed by atoms with Crippen LogP contribution in [0.5, 0.6) is 5.75 Å². The Morgan fingerprint density at radius 1 is 1.62 bits per heavy atom. The molecule has 1 rings (SSSR count). The van der Waals surface area contributed by atoms with E-state index in [-0.39, 0.29) is 6.61 Å². The molecule has 0 spiro atoms. The first-order valence-electron chi connectivity index (χ1n) is 3.49. The molecule has 0 fully saturated rings. The van der Waals surface area contributed by atoms with Gasteiger partial charge in [0.25, 0.3) is 0 Å². The fourth-order valence-electron chi connectivity index (χ4n) is 0.743. The summed E-state index contributed by atoms with van der Waals surface area (Å²) < 4.78 is 5.61. The monoisotopic (exact) mass is 245 g/mol. The van der Waals surface area contributed by atoms with Crippen molar-refractivity contribution in [2.45, 2.75) is 0 Å². The Bertz CT molecular complexity index is 327. The number of hydrogen-bond donors (Lipinski definition) is 2. The van der Waals surface area contributed by atoms with Crippen molar-refractivity contribution in [3.05, 3.63) is 22.7 Å². The molecular weight excluding hydrogens is 238 g/mol. The van der Waals surface area contributed by atoms with Gasteiger partial charge in [0.1, 0.15) is 5.75 Å². The molecule has 13 heavy (non-hydrogen) atoms. The van der Waals surface area contributed by atoms with Crippen LogP contribution in [0.1, 0.15) is 0 Å². The number of nitrogen functional groups attached to an aromatic ring is 1. The van der Waals surface area contributed by atoms with Crippen LogP contribution in [0.3, 0.4) is 0 Å². The summed E-state index contributed by atoms with van der Waals surface area (Å²) in [5.74, 6) is -0.531. The molecule has 1 aromatic carbocycles. The molecule has 3 N–H and O–H groups in total. The van der Waals surface area contributed by atoms with Crippen LogP contribution in [0.2, 0.25) is 0 Å². The summed E-state index contributed by atoms with van der Waals surface area (Å²) in [4.78, 5) is 10.2. The predicted octanol–water partition coefficient (Wildman–Crippen LogP) is 1.49. The molecule has 0 aliphatic rings. The Labute approximate surface area is 83.4 Å². The van der Waals surface area contributed by atoms with E-state index < -0.39 is 5.97 Å². The molecule has 0 bridgehead atoms. The van der Waals surface area contributed by atoms with Gasteiger partial charge in [-0.1, -0.05) is 0 Å². The molecule has 0 saturated carbocycles. The van der Waals surface area contributed by atoms with Crippen LogP contribution in [0, 0.1) is 0 Å². The zero-order valence-electron chi connectivity index (χ0n) is 6.66. The van der Waals surface area contributed by atoms with E-state index in [0.717, 1.165) is 0 Å². The molecule has 0 aliphatic carbocycles. The molecule has 4 nitrogen and oxygen atoms in total. The normalized spacial score (nSPS) is 9.62. The van der Waals surface area contributed by atoms with Crippen molar-refractivity contribution < 1.29 is 14.6 Å². The van der Waals surface area contributed by atoms with Crippen LogP contribution < -0.4 is 10.5 Å². The van der Waals surface area contributed by atoms with E-state index in [4.69, 9.17) is 15.6 Å². The van der Waals surface area contributed by atoms with E-state index in [1.807, 2.05) is 0 Å². The van der Waals surface area contributed by atoms with Crippen molar-refractivity contribution in [2.75, 3.05) is 12.3 Å². The lowest BCUT2D eigenvalue weighted by molar-refractivity contribution is -0.139. The molecule has 0 unspecified atom stereocenters. The highest BCUT2D eigenvalue weighted by Gasteiger charge is 2.01. The minimum absolute atomic E-state index is 0.351. The molecule has 0 radical (unpaired) electrons. The van der Waals surface area contributed by atoms with Gasteiger partial charge in [-0.2, -0.15) is 0 Å². The number of carboxylic acid groups (broad SMARTS) is 1. The Morgan fingerprint density at radius 2 is 2.31 bits per heavy atom. The van der Waals surface area contributed by atoms with Gasteiger partial charge in [0.15, 0.2) is 6.61 Å².